The number of hydrogen-bond donors (Lipinski definition) is 1. The molecule has 1 N–H and O–H groups in total. The monoisotopic (exact) mass is 558 g/mol. The van der Waals surface area contributed by atoms with E-state index in [9.17, 15) is 14.0 Å². The van der Waals surface area contributed by atoms with Crippen molar-refractivity contribution in [1.82, 2.24) is 10.2 Å². The van der Waals surface area contributed by atoms with Gasteiger partial charge in [-0.15, -0.1) is 0 Å². The number of imide groups is 1. The van der Waals surface area contributed by atoms with Gasteiger partial charge in [-0.05, 0) is 42.8 Å². The summed E-state index contributed by atoms with van der Waals surface area (Å²) in [6.45, 7) is 2.31. The largest absolute Gasteiger partial charge is 0.490 e. The summed E-state index contributed by atoms with van der Waals surface area (Å²) >= 11 is 9.72. The van der Waals surface area contributed by atoms with Crippen molar-refractivity contribution in [3.05, 3.63) is 98.4 Å². The van der Waals surface area contributed by atoms with Crippen molar-refractivity contribution >= 4 is 45.5 Å². The molecule has 0 radical (unpaired) electrons. The van der Waals surface area contributed by atoms with Gasteiger partial charge in [-0.25, -0.2) is 9.18 Å². The van der Waals surface area contributed by atoms with Crippen LogP contribution < -0.4 is 14.8 Å². The topological polar surface area (TPSA) is 67.9 Å². The Bertz CT molecular complexity index is 1310. The minimum atomic E-state index is -0.620. The third-order valence-electron chi connectivity index (χ3n) is 5.25. The lowest BCUT2D eigenvalue weighted by Crippen LogP contribution is -2.30. The first-order valence-corrected chi connectivity index (χ1v) is 11.9. The van der Waals surface area contributed by atoms with Crippen LogP contribution >= 0.6 is 27.5 Å². The van der Waals surface area contributed by atoms with E-state index in [0.717, 1.165) is 10.5 Å². The Morgan fingerprint density at radius 1 is 1.03 bits per heavy atom. The number of carbonyl (C=O) groups is 2. The van der Waals surface area contributed by atoms with E-state index in [-0.39, 0.29) is 24.4 Å². The van der Waals surface area contributed by atoms with E-state index in [4.69, 9.17) is 21.1 Å². The molecule has 0 unspecified atom stereocenters. The second kappa shape index (κ2) is 10.9. The SMILES string of the molecule is CCOc1cc(/C=C2/NC(=O)N(Cc3ccccc3F)C2=O)c(Br)cc1OCc1ccccc1Cl. The Balaban J connectivity index is 1.57. The summed E-state index contributed by atoms with van der Waals surface area (Å²) in [5.41, 5.74) is 1.74. The first kappa shape index (κ1) is 24.8. The van der Waals surface area contributed by atoms with E-state index in [1.54, 1.807) is 30.3 Å². The summed E-state index contributed by atoms with van der Waals surface area (Å²) in [5.74, 6) is -0.0810. The van der Waals surface area contributed by atoms with Gasteiger partial charge < -0.3 is 14.8 Å². The Labute approximate surface area is 215 Å². The fourth-order valence-electron chi connectivity index (χ4n) is 3.48. The highest BCUT2D eigenvalue weighted by Gasteiger charge is 2.34. The first-order valence-electron chi connectivity index (χ1n) is 10.8. The molecule has 1 aliphatic heterocycles. The second-order valence-corrected chi connectivity index (χ2v) is 8.87. The fourth-order valence-corrected chi connectivity index (χ4v) is 4.11. The van der Waals surface area contributed by atoms with Crippen molar-refractivity contribution in [2.45, 2.75) is 20.1 Å². The number of rotatable bonds is 8. The van der Waals surface area contributed by atoms with Crippen molar-refractivity contribution < 1.29 is 23.5 Å². The van der Waals surface area contributed by atoms with Crippen LogP contribution in [-0.4, -0.2) is 23.4 Å². The average Bonchev–Trinajstić information content (AvgIpc) is 3.09. The van der Waals surface area contributed by atoms with E-state index < -0.39 is 17.8 Å². The molecule has 0 aliphatic carbocycles. The maximum Gasteiger partial charge on any atom is 0.329 e. The van der Waals surface area contributed by atoms with Gasteiger partial charge in [0.15, 0.2) is 11.5 Å². The zero-order valence-corrected chi connectivity index (χ0v) is 21.0. The molecule has 0 atom stereocenters. The standard InChI is InChI=1S/C26H21BrClFN2O4/c1-2-34-23-12-18(19(27)13-24(23)35-15-17-8-3-5-9-20(17)28)11-22-25(32)31(26(33)30-22)14-16-7-4-6-10-21(16)29/h3-13H,2,14-15H2,1H3,(H,30,33)/b22-11+. The van der Waals surface area contributed by atoms with Gasteiger partial charge in [0, 0.05) is 20.6 Å². The molecule has 0 bridgehead atoms. The summed E-state index contributed by atoms with van der Waals surface area (Å²) in [7, 11) is 0. The Hall–Kier alpha value is -3.36. The Morgan fingerprint density at radius 2 is 1.71 bits per heavy atom. The molecule has 0 saturated carbocycles. The van der Waals surface area contributed by atoms with Gasteiger partial charge in [0.2, 0.25) is 0 Å². The number of nitrogens with one attached hydrogen (secondary N) is 1. The van der Waals surface area contributed by atoms with Crippen LogP contribution in [-0.2, 0) is 17.9 Å². The van der Waals surface area contributed by atoms with Gasteiger partial charge in [-0.3, -0.25) is 9.69 Å². The number of amides is 3. The highest BCUT2D eigenvalue weighted by molar-refractivity contribution is 9.10. The molecule has 1 aliphatic rings. The summed E-state index contributed by atoms with van der Waals surface area (Å²) in [6, 6.07) is 16.2. The minimum Gasteiger partial charge on any atom is -0.490 e. The highest BCUT2D eigenvalue weighted by atomic mass is 79.9. The maximum atomic E-state index is 14.0. The molecule has 4 rings (SSSR count). The van der Waals surface area contributed by atoms with E-state index in [0.29, 0.717) is 33.2 Å². The highest BCUT2D eigenvalue weighted by Crippen LogP contribution is 2.36. The van der Waals surface area contributed by atoms with Gasteiger partial charge in [0.25, 0.3) is 5.91 Å². The number of hydrogen-bond acceptors (Lipinski definition) is 4. The van der Waals surface area contributed by atoms with Crippen molar-refractivity contribution in [2.75, 3.05) is 6.61 Å². The molecule has 3 amide bonds. The van der Waals surface area contributed by atoms with E-state index in [1.807, 2.05) is 25.1 Å². The molecule has 6 nitrogen and oxygen atoms in total. The van der Waals surface area contributed by atoms with Crippen LogP contribution in [0.5, 0.6) is 11.5 Å². The number of nitrogens with zero attached hydrogens (tertiary/aromatic N) is 1. The summed E-state index contributed by atoms with van der Waals surface area (Å²) in [6.07, 6.45) is 1.53. The molecule has 0 aromatic heterocycles. The van der Waals surface area contributed by atoms with Gasteiger partial charge in [-0.2, -0.15) is 0 Å². The number of benzene rings is 3. The lowest BCUT2D eigenvalue weighted by Gasteiger charge is -2.15. The smallest absolute Gasteiger partial charge is 0.329 e. The molecule has 0 spiro atoms. The van der Waals surface area contributed by atoms with Crippen molar-refractivity contribution in [3.8, 4) is 11.5 Å². The third kappa shape index (κ3) is 5.66. The number of carbonyl (C=O) groups excluding carboxylic acids is 2. The summed E-state index contributed by atoms with van der Waals surface area (Å²) in [5, 5.41) is 3.16. The van der Waals surface area contributed by atoms with Crippen molar-refractivity contribution in [1.29, 1.82) is 0 Å². The molecule has 3 aromatic carbocycles. The van der Waals surface area contributed by atoms with Crippen LogP contribution in [0.15, 0.2) is 70.8 Å². The van der Waals surface area contributed by atoms with Crippen LogP contribution in [0.25, 0.3) is 6.08 Å². The molecule has 1 saturated heterocycles. The molecule has 1 fully saturated rings. The molecule has 3 aromatic rings. The fraction of sp³-hybridized carbons (Fsp3) is 0.154. The van der Waals surface area contributed by atoms with Crippen LogP contribution in [0.1, 0.15) is 23.6 Å². The number of urea groups is 1. The van der Waals surface area contributed by atoms with E-state index in [1.165, 1.54) is 18.2 Å². The van der Waals surface area contributed by atoms with Crippen molar-refractivity contribution in [2.24, 2.45) is 0 Å². The predicted octanol–water partition coefficient (Wildman–Crippen LogP) is 6.31. The van der Waals surface area contributed by atoms with Crippen LogP contribution in [0.3, 0.4) is 0 Å². The quantitative estimate of drug-likeness (QED) is 0.259. The van der Waals surface area contributed by atoms with Gasteiger partial charge in [-0.1, -0.05) is 63.9 Å². The second-order valence-electron chi connectivity index (χ2n) is 7.60. The first-order chi connectivity index (χ1) is 16.9. The van der Waals surface area contributed by atoms with E-state index >= 15 is 0 Å². The molecule has 180 valence electrons. The zero-order chi connectivity index (χ0) is 24.9. The van der Waals surface area contributed by atoms with Crippen molar-refractivity contribution in [3.63, 3.8) is 0 Å². The van der Waals surface area contributed by atoms with Gasteiger partial charge in [0.05, 0.1) is 13.2 Å². The molecule has 1 heterocycles. The number of halogens is 3. The third-order valence-corrected chi connectivity index (χ3v) is 6.31. The molecule has 35 heavy (non-hydrogen) atoms. The Kier molecular flexibility index (Phi) is 7.73. The van der Waals surface area contributed by atoms with Gasteiger partial charge in [0.1, 0.15) is 18.1 Å². The zero-order valence-electron chi connectivity index (χ0n) is 18.7. The maximum absolute atomic E-state index is 14.0. The summed E-state index contributed by atoms with van der Waals surface area (Å²) < 4.78 is 26.3. The molecular weight excluding hydrogens is 539 g/mol. The van der Waals surface area contributed by atoms with Crippen LogP contribution in [0, 0.1) is 5.82 Å². The number of ether oxygens (including phenoxy) is 2. The van der Waals surface area contributed by atoms with Gasteiger partial charge >= 0.3 is 6.03 Å². The minimum absolute atomic E-state index is 0.0687. The summed E-state index contributed by atoms with van der Waals surface area (Å²) in [4.78, 5) is 26.3. The normalized spacial score (nSPS) is 14.4. The lowest BCUT2D eigenvalue weighted by atomic mass is 10.1. The Morgan fingerprint density at radius 3 is 2.43 bits per heavy atom. The molecule has 9 heteroatoms. The van der Waals surface area contributed by atoms with Crippen LogP contribution in [0.4, 0.5) is 9.18 Å². The van der Waals surface area contributed by atoms with Crippen LogP contribution in [0.2, 0.25) is 5.02 Å². The average molecular weight is 560 g/mol. The lowest BCUT2D eigenvalue weighted by molar-refractivity contribution is -0.123. The molecular formula is C26H21BrClFN2O4. The van der Waals surface area contributed by atoms with E-state index in [2.05, 4.69) is 21.2 Å². The predicted molar refractivity (Wildman–Crippen MR) is 135 cm³/mol.